The maximum absolute atomic E-state index is 11.5. The van der Waals surface area contributed by atoms with E-state index in [4.69, 9.17) is 0 Å². The molecule has 4 nitrogen and oxygen atoms in total. The first kappa shape index (κ1) is 11.4. The van der Waals surface area contributed by atoms with Crippen molar-refractivity contribution in [2.75, 3.05) is 18.6 Å². The average molecular weight is 216 g/mol. The third-order valence-corrected chi connectivity index (χ3v) is 3.08. The SMILES string of the molecule is CCC(CSC)N1CCC(=O)NC1=O. The van der Waals surface area contributed by atoms with Gasteiger partial charge in [-0.3, -0.25) is 10.1 Å². The van der Waals surface area contributed by atoms with Crippen LogP contribution in [-0.4, -0.2) is 41.4 Å². The van der Waals surface area contributed by atoms with Crippen molar-refractivity contribution in [1.29, 1.82) is 0 Å². The topological polar surface area (TPSA) is 49.4 Å². The van der Waals surface area contributed by atoms with E-state index < -0.39 is 0 Å². The number of carbonyl (C=O) groups is 2. The lowest BCUT2D eigenvalue weighted by Crippen LogP contribution is -2.54. The highest BCUT2D eigenvalue weighted by Gasteiger charge is 2.27. The number of rotatable bonds is 4. The van der Waals surface area contributed by atoms with Gasteiger partial charge in [0.1, 0.15) is 0 Å². The van der Waals surface area contributed by atoms with Gasteiger partial charge < -0.3 is 4.90 Å². The first-order chi connectivity index (χ1) is 6.69. The second kappa shape index (κ2) is 5.24. The number of urea groups is 1. The Labute approximate surface area is 88.4 Å². The van der Waals surface area contributed by atoms with Crippen molar-refractivity contribution in [2.45, 2.75) is 25.8 Å². The number of carbonyl (C=O) groups excluding carboxylic acids is 2. The molecule has 80 valence electrons. The largest absolute Gasteiger partial charge is 0.324 e. The minimum absolute atomic E-state index is 0.162. The van der Waals surface area contributed by atoms with Crippen molar-refractivity contribution >= 4 is 23.7 Å². The Morgan fingerprint density at radius 3 is 2.79 bits per heavy atom. The third kappa shape index (κ3) is 2.64. The highest BCUT2D eigenvalue weighted by Crippen LogP contribution is 2.13. The lowest BCUT2D eigenvalue weighted by molar-refractivity contribution is -0.121. The lowest BCUT2D eigenvalue weighted by Gasteiger charge is -2.33. The maximum Gasteiger partial charge on any atom is 0.324 e. The van der Waals surface area contributed by atoms with E-state index in [1.54, 1.807) is 16.7 Å². The number of hydrogen-bond donors (Lipinski definition) is 1. The zero-order valence-corrected chi connectivity index (χ0v) is 9.39. The molecule has 1 unspecified atom stereocenters. The Bertz CT molecular complexity index is 233. The minimum Gasteiger partial charge on any atom is -0.320 e. The van der Waals surface area contributed by atoms with E-state index in [-0.39, 0.29) is 18.0 Å². The van der Waals surface area contributed by atoms with Gasteiger partial charge in [0.05, 0.1) is 0 Å². The first-order valence-electron chi connectivity index (χ1n) is 4.78. The zero-order chi connectivity index (χ0) is 10.6. The molecule has 1 saturated heterocycles. The summed E-state index contributed by atoms with van der Waals surface area (Å²) in [4.78, 5) is 24.2. The molecule has 1 aliphatic rings. The number of amides is 3. The second-order valence-electron chi connectivity index (χ2n) is 3.31. The Morgan fingerprint density at radius 1 is 1.57 bits per heavy atom. The molecule has 1 aliphatic heterocycles. The molecule has 0 aromatic heterocycles. The van der Waals surface area contributed by atoms with Crippen molar-refractivity contribution in [2.24, 2.45) is 0 Å². The number of thioether (sulfide) groups is 1. The molecular formula is C9H16N2O2S. The van der Waals surface area contributed by atoms with Crippen LogP contribution in [0.5, 0.6) is 0 Å². The van der Waals surface area contributed by atoms with Crippen LogP contribution >= 0.6 is 11.8 Å². The Balaban J connectivity index is 2.57. The van der Waals surface area contributed by atoms with Gasteiger partial charge in [-0.15, -0.1) is 0 Å². The summed E-state index contributed by atoms with van der Waals surface area (Å²) in [7, 11) is 0. The molecule has 1 fully saturated rings. The van der Waals surface area contributed by atoms with Gasteiger partial charge in [0.15, 0.2) is 0 Å². The molecular weight excluding hydrogens is 200 g/mol. The first-order valence-corrected chi connectivity index (χ1v) is 6.17. The van der Waals surface area contributed by atoms with Crippen LogP contribution in [0, 0.1) is 0 Å². The summed E-state index contributed by atoms with van der Waals surface area (Å²) in [6, 6.07) is 0.0141. The molecule has 0 aliphatic carbocycles. The van der Waals surface area contributed by atoms with Crippen molar-refractivity contribution in [3.05, 3.63) is 0 Å². The number of hydrogen-bond acceptors (Lipinski definition) is 3. The zero-order valence-electron chi connectivity index (χ0n) is 8.58. The normalized spacial score (nSPS) is 19.4. The number of imide groups is 1. The summed E-state index contributed by atoms with van der Waals surface area (Å²) in [5.41, 5.74) is 0. The van der Waals surface area contributed by atoms with Gasteiger partial charge in [-0.1, -0.05) is 6.92 Å². The fourth-order valence-electron chi connectivity index (χ4n) is 1.55. The fourth-order valence-corrected chi connectivity index (χ4v) is 2.35. The summed E-state index contributed by atoms with van der Waals surface area (Å²) in [5.74, 6) is 0.767. The van der Waals surface area contributed by atoms with Gasteiger partial charge in [0, 0.05) is 24.8 Å². The minimum atomic E-state index is -0.234. The number of nitrogens with one attached hydrogen (secondary N) is 1. The molecule has 1 N–H and O–H groups in total. The molecule has 5 heteroatoms. The molecule has 1 atom stereocenters. The van der Waals surface area contributed by atoms with Gasteiger partial charge in [0.2, 0.25) is 5.91 Å². The smallest absolute Gasteiger partial charge is 0.320 e. The molecule has 0 bridgehead atoms. The van der Waals surface area contributed by atoms with Crippen LogP contribution in [0.2, 0.25) is 0 Å². The fraction of sp³-hybridized carbons (Fsp3) is 0.778. The molecule has 0 radical (unpaired) electrons. The standard InChI is InChI=1S/C9H16N2O2S/c1-3-7(6-14-2)11-5-4-8(12)10-9(11)13/h7H,3-6H2,1-2H3,(H,10,12,13). The van der Waals surface area contributed by atoms with E-state index in [1.807, 2.05) is 6.26 Å². The van der Waals surface area contributed by atoms with Crippen molar-refractivity contribution < 1.29 is 9.59 Å². The van der Waals surface area contributed by atoms with E-state index in [2.05, 4.69) is 12.2 Å². The summed E-state index contributed by atoms with van der Waals surface area (Å²) < 4.78 is 0. The van der Waals surface area contributed by atoms with Gasteiger partial charge in [-0.05, 0) is 12.7 Å². The summed E-state index contributed by atoms with van der Waals surface area (Å²) in [5, 5.41) is 2.34. The van der Waals surface area contributed by atoms with Crippen molar-refractivity contribution in [1.82, 2.24) is 10.2 Å². The van der Waals surface area contributed by atoms with Gasteiger partial charge in [-0.25, -0.2) is 4.79 Å². The molecule has 3 amide bonds. The van der Waals surface area contributed by atoms with Gasteiger partial charge in [-0.2, -0.15) is 11.8 Å². The Morgan fingerprint density at radius 2 is 2.29 bits per heavy atom. The third-order valence-electron chi connectivity index (χ3n) is 2.36. The highest BCUT2D eigenvalue weighted by molar-refractivity contribution is 7.98. The Kier molecular flexibility index (Phi) is 4.25. The summed E-state index contributed by atoms with van der Waals surface area (Å²) >= 11 is 1.72. The van der Waals surface area contributed by atoms with E-state index >= 15 is 0 Å². The van der Waals surface area contributed by atoms with Gasteiger partial charge >= 0.3 is 6.03 Å². The molecule has 1 rings (SSSR count). The monoisotopic (exact) mass is 216 g/mol. The predicted molar refractivity (Wildman–Crippen MR) is 57.3 cm³/mol. The molecule has 1 heterocycles. The van der Waals surface area contributed by atoms with Gasteiger partial charge in [0.25, 0.3) is 0 Å². The maximum atomic E-state index is 11.5. The van der Waals surface area contributed by atoms with Crippen LogP contribution in [-0.2, 0) is 4.79 Å². The predicted octanol–water partition coefficient (Wildman–Crippen LogP) is 1.07. The quantitative estimate of drug-likeness (QED) is 0.764. The van der Waals surface area contributed by atoms with Crippen molar-refractivity contribution in [3.8, 4) is 0 Å². The van der Waals surface area contributed by atoms with Crippen molar-refractivity contribution in [3.63, 3.8) is 0 Å². The van der Waals surface area contributed by atoms with Crippen LogP contribution in [0.15, 0.2) is 0 Å². The molecule has 0 aromatic rings. The Hall–Kier alpha value is -0.710. The van der Waals surface area contributed by atoms with E-state index in [0.717, 1.165) is 12.2 Å². The lowest BCUT2D eigenvalue weighted by atomic mass is 10.2. The second-order valence-corrected chi connectivity index (χ2v) is 4.22. The average Bonchev–Trinajstić information content (AvgIpc) is 2.15. The molecule has 14 heavy (non-hydrogen) atoms. The van der Waals surface area contributed by atoms with Crippen LogP contribution in [0.3, 0.4) is 0 Å². The molecule has 0 spiro atoms. The summed E-state index contributed by atoms with van der Waals surface area (Å²) in [6.07, 6.45) is 3.38. The van der Waals surface area contributed by atoms with E-state index in [0.29, 0.717) is 13.0 Å². The highest BCUT2D eigenvalue weighted by atomic mass is 32.2. The van der Waals surface area contributed by atoms with Crippen LogP contribution < -0.4 is 5.32 Å². The molecule has 0 saturated carbocycles. The van der Waals surface area contributed by atoms with Crippen LogP contribution in [0.25, 0.3) is 0 Å². The summed E-state index contributed by atoms with van der Waals surface area (Å²) in [6.45, 7) is 2.62. The van der Waals surface area contributed by atoms with Crippen LogP contribution in [0.4, 0.5) is 4.79 Å². The molecule has 0 aromatic carbocycles. The van der Waals surface area contributed by atoms with E-state index in [9.17, 15) is 9.59 Å². The van der Waals surface area contributed by atoms with Crippen LogP contribution in [0.1, 0.15) is 19.8 Å². The van der Waals surface area contributed by atoms with E-state index in [1.165, 1.54) is 0 Å². The number of nitrogens with zero attached hydrogens (tertiary/aromatic N) is 1.